The standard InChI is InChI=1S/C18H39N/c1-5-8-10-12-14-16-17(18(7-3)19-4)15-13-11-9-6-2/h17-19H,5-16H2,1-4H3. The Morgan fingerprint density at radius 3 is 1.58 bits per heavy atom. The average molecular weight is 270 g/mol. The predicted molar refractivity (Wildman–Crippen MR) is 88.8 cm³/mol. The van der Waals surface area contributed by atoms with Gasteiger partial charge in [-0.2, -0.15) is 0 Å². The molecule has 0 heterocycles. The van der Waals surface area contributed by atoms with Gasteiger partial charge < -0.3 is 5.32 Å². The summed E-state index contributed by atoms with van der Waals surface area (Å²) >= 11 is 0. The Bertz CT molecular complexity index is 163. The van der Waals surface area contributed by atoms with Gasteiger partial charge >= 0.3 is 0 Å². The summed E-state index contributed by atoms with van der Waals surface area (Å²) in [6, 6.07) is 0.743. The Labute approximate surface area is 122 Å². The molecular formula is C18H39N. The lowest BCUT2D eigenvalue weighted by atomic mass is 9.87. The van der Waals surface area contributed by atoms with Gasteiger partial charge in [0, 0.05) is 6.04 Å². The van der Waals surface area contributed by atoms with Crippen LogP contribution in [0.2, 0.25) is 0 Å². The third-order valence-corrected chi connectivity index (χ3v) is 4.49. The minimum absolute atomic E-state index is 0.743. The molecule has 0 aromatic rings. The fourth-order valence-electron chi connectivity index (χ4n) is 3.16. The molecule has 0 rings (SSSR count). The maximum absolute atomic E-state index is 3.54. The third kappa shape index (κ3) is 10.4. The van der Waals surface area contributed by atoms with Gasteiger partial charge in [0.1, 0.15) is 0 Å². The van der Waals surface area contributed by atoms with E-state index in [9.17, 15) is 0 Å². The maximum atomic E-state index is 3.54. The Morgan fingerprint density at radius 1 is 0.684 bits per heavy atom. The van der Waals surface area contributed by atoms with E-state index in [1.54, 1.807) is 0 Å². The van der Waals surface area contributed by atoms with Crippen molar-refractivity contribution in [1.82, 2.24) is 5.32 Å². The molecule has 0 fully saturated rings. The van der Waals surface area contributed by atoms with E-state index in [0.717, 1.165) is 12.0 Å². The molecule has 0 radical (unpaired) electrons. The SMILES string of the molecule is CCCCCCCC(CCCCCC)C(CC)NC. The fourth-order valence-corrected chi connectivity index (χ4v) is 3.16. The number of unbranched alkanes of at least 4 members (excludes halogenated alkanes) is 7. The van der Waals surface area contributed by atoms with Crippen LogP contribution in [0.3, 0.4) is 0 Å². The van der Waals surface area contributed by atoms with E-state index in [2.05, 4.69) is 33.1 Å². The van der Waals surface area contributed by atoms with Gasteiger partial charge in [0.05, 0.1) is 0 Å². The Hall–Kier alpha value is -0.0400. The molecule has 1 nitrogen and oxygen atoms in total. The molecule has 0 aliphatic heterocycles. The normalized spacial score (nSPS) is 14.5. The molecule has 1 heteroatoms. The molecule has 2 atom stereocenters. The van der Waals surface area contributed by atoms with Crippen LogP contribution in [0, 0.1) is 5.92 Å². The van der Waals surface area contributed by atoms with Crippen molar-refractivity contribution in [1.29, 1.82) is 0 Å². The van der Waals surface area contributed by atoms with Crippen LogP contribution in [0.5, 0.6) is 0 Å². The summed E-state index contributed by atoms with van der Waals surface area (Å²) in [5, 5.41) is 3.54. The molecule has 0 saturated heterocycles. The van der Waals surface area contributed by atoms with E-state index in [-0.39, 0.29) is 0 Å². The summed E-state index contributed by atoms with van der Waals surface area (Å²) in [6.07, 6.45) is 16.9. The second-order valence-corrected chi connectivity index (χ2v) is 6.12. The molecule has 0 bridgehead atoms. The molecule has 0 spiro atoms. The molecule has 2 unspecified atom stereocenters. The fraction of sp³-hybridized carbons (Fsp3) is 1.00. The number of hydrogen-bond acceptors (Lipinski definition) is 1. The zero-order valence-electron chi connectivity index (χ0n) is 14.1. The van der Waals surface area contributed by atoms with E-state index < -0.39 is 0 Å². The molecule has 1 N–H and O–H groups in total. The molecular weight excluding hydrogens is 230 g/mol. The van der Waals surface area contributed by atoms with Crippen LogP contribution in [-0.2, 0) is 0 Å². The summed E-state index contributed by atoms with van der Waals surface area (Å²) in [5.41, 5.74) is 0. The van der Waals surface area contributed by atoms with Gasteiger partial charge in [0.15, 0.2) is 0 Å². The Morgan fingerprint density at radius 2 is 1.16 bits per heavy atom. The highest BCUT2D eigenvalue weighted by Gasteiger charge is 2.17. The van der Waals surface area contributed by atoms with E-state index >= 15 is 0 Å². The van der Waals surface area contributed by atoms with E-state index in [1.807, 2.05) is 0 Å². The first-order chi connectivity index (χ1) is 9.29. The van der Waals surface area contributed by atoms with Gasteiger partial charge in [-0.15, -0.1) is 0 Å². The van der Waals surface area contributed by atoms with Gasteiger partial charge in [-0.3, -0.25) is 0 Å². The van der Waals surface area contributed by atoms with Crippen molar-refractivity contribution in [2.24, 2.45) is 5.92 Å². The van der Waals surface area contributed by atoms with Crippen molar-refractivity contribution >= 4 is 0 Å². The quantitative estimate of drug-likeness (QED) is 0.385. The van der Waals surface area contributed by atoms with Crippen LogP contribution in [0.1, 0.15) is 97.8 Å². The van der Waals surface area contributed by atoms with Crippen LogP contribution in [0.4, 0.5) is 0 Å². The van der Waals surface area contributed by atoms with Crippen LogP contribution in [0.15, 0.2) is 0 Å². The number of rotatable bonds is 14. The molecule has 0 aliphatic carbocycles. The van der Waals surface area contributed by atoms with Crippen molar-refractivity contribution < 1.29 is 0 Å². The van der Waals surface area contributed by atoms with Crippen molar-refractivity contribution in [2.75, 3.05) is 7.05 Å². The lowest BCUT2D eigenvalue weighted by Gasteiger charge is -2.26. The molecule has 0 aliphatic rings. The highest BCUT2D eigenvalue weighted by molar-refractivity contribution is 4.74. The molecule has 116 valence electrons. The van der Waals surface area contributed by atoms with Gasteiger partial charge in [-0.1, -0.05) is 78.6 Å². The second-order valence-electron chi connectivity index (χ2n) is 6.12. The largest absolute Gasteiger partial charge is 0.317 e. The first kappa shape index (κ1) is 19.0. The third-order valence-electron chi connectivity index (χ3n) is 4.49. The minimum Gasteiger partial charge on any atom is -0.317 e. The second kappa shape index (κ2) is 14.4. The Kier molecular flexibility index (Phi) is 14.3. The summed E-state index contributed by atoms with van der Waals surface area (Å²) in [7, 11) is 2.14. The molecule has 19 heavy (non-hydrogen) atoms. The molecule has 0 aromatic carbocycles. The smallest absolute Gasteiger partial charge is 0.00897 e. The predicted octanol–water partition coefficient (Wildman–Crippen LogP) is 5.93. The number of hydrogen-bond donors (Lipinski definition) is 1. The summed E-state index contributed by atoms with van der Waals surface area (Å²) < 4.78 is 0. The van der Waals surface area contributed by atoms with Crippen LogP contribution in [-0.4, -0.2) is 13.1 Å². The summed E-state index contributed by atoms with van der Waals surface area (Å²) in [5.74, 6) is 0.911. The molecule has 0 saturated carbocycles. The number of nitrogens with one attached hydrogen (secondary N) is 1. The van der Waals surface area contributed by atoms with Crippen molar-refractivity contribution in [2.45, 2.75) is 104 Å². The van der Waals surface area contributed by atoms with Gasteiger partial charge in [0.25, 0.3) is 0 Å². The zero-order chi connectivity index (χ0) is 14.3. The first-order valence-corrected chi connectivity index (χ1v) is 8.97. The molecule has 0 aromatic heterocycles. The monoisotopic (exact) mass is 269 g/mol. The van der Waals surface area contributed by atoms with Gasteiger partial charge in [0.2, 0.25) is 0 Å². The van der Waals surface area contributed by atoms with Crippen molar-refractivity contribution in [3.63, 3.8) is 0 Å². The summed E-state index contributed by atoms with van der Waals surface area (Å²) in [6.45, 7) is 6.93. The van der Waals surface area contributed by atoms with Crippen molar-refractivity contribution in [3.05, 3.63) is 0 Å². The maximum Gasteiger partial charge on any atom is 0.00897 e. The average Bonchev–Trinajstić information content (AvgIpc) is 2.43. The van der Waals surface area contributed by atoms with Gasteiger partial charge in [-0.05, 0) is 32.2 Å². The lowest BCUT2D eigenvalue weighted by Crippen LogP contribution is -2.33. The topological polar surface area (TPSA) is 12.0 Å². The highest BCUT2D eigenvalue weighted by Crippen LogP contribution is 2.23. The van der Waals surface area contributed by atoms with E-state index in [1.165, 1.54) is 77.0 Å². The highest BCUT2D eigenvalue weighted by atomic mass is 14.9. The minimum atomic E-state index is 0.743. The summed E-state index contributed by atoms with van der Waals surface area (Å²) in [4.78, 5) is 0. The Balaban J connectivity index is 3.89. The van der Waals surface area contributed by atoms with E-state index in [0.29, 0.717) is 0 Å². The van der Waals surface area contributed by atoms with E-state index in [4.69, 9.17) is 0 Å². The lowest BCUT2D eigenvalue weighted by molar-refractivity contribution is 0.303. The first-order valence-electron chi connectivity index (χ1n) is 8.97. The van der Waals surface area contributed by atoms with Crippen LogP contribution < -0.4 is 5.32 Å². The van der Waals surface area contributed by atoms with Crippen LogP contribution in [0.25, 0.3) is 0 Å². The molecule has 0 amide bonds. The van der Waals surface area contributed by atoms with Gasteiger partial charge in [-0.25, -0.2) is 0 Å². The van der Waals surface area contributed by atoms with Crippen molar-refractivity contribution in [3.8, 4) is 0 Å². The van der Waals surface area contributed by atoms with Crippen LogP contribution >= 0.6 is 0 Å². The zero-order valence-corrected chi connectivity index (χ0v) is 14.1.